The molecule has 1 rings (SSSR count). The lowest BCUT2D eigenvalue weighted by atomic mass is 10.2. The zero-order valence-corrected chi connectivity index (χ0v) is 13.7. The van der Waals surface area contributed by atoms with Crippen LogP contribution in [0.3, 0.4) is 0 Å². The minimum absolute atomic E-state index is 0.0506. The molecule has 22 heavy (non-hydrogen) atoms. The summed E-state index contributed by atoms with van der Waals surface area (Å²) in [6.45, 7) is 4.77. The number of likely N-dealkylation sites (N-methyl/N-ethyl adjacent to an activating group) is 1. The van der Waals surface area contributed by atoms with Gasteiger partial charge in [0.15, 0.2) is 6.54 Å². The van der Waals surface area contributed by atoms with Gasteiger partial charge in [0.05, 0.1) is 14.2 Å². The van der Waals surface area contributed by atoms with Gasteiger partial charge in [-0.2, -0.15) is 0 Å². The van der Waals surface area contributed by atoms with Crippen molar-refractivity contribution >= 4 is 11.9 Å². The molecule has 0 aliphatic rings. The van der Waals surface area contributed by atoms with E-state index < -0.39 is 6.03 Å². The van der Waals surface area contributed by atoms with Crippen LogP contribution in [-0.2, 0) is 11.3 Å². The smallest absolute Gasteiger partial charge is 0.321 e. The Balaban J connectivity index is 2.42. The van der Waals surface area contributed by atoms with E-state index in [4.69, 9.17) is 4.74 Å². The monoisotopic (exact) mass is 308 g/mol. The lowest BCUT2D eigenvalue weighted by molar-refractivity contribution is -0.885. The van der Waals surface area contributed by atoms with Crippen molar-refractivity contribution in [2.45, 2.75) is 32.9 Å². The van der Waals surface area contributed by atoms with Gasteiger partial charge < -0.3 is 15.0 Å². The van der Waals surface area contributed by atoms with Crippen molar-refractivity contribution in [1.82, 2.24) is 10.6 Å². The number of hydrogen-bond acceptors (Lipinski definition) is 3. The van der Waals surface area contributed by atoms with E-state index in [1.165, 1.54) is 0 Å². The zero-order valence-electron chi connectivity index (χ0n) is 13.7. The highest BCUT2D eigenvalue weighted by Gasteiger charge is 2.14. The molecule has 1 unspecified atom stereocenters. The first kappa shape index (κ1) is 18.0. The van der Waals surface area contributed by atoms with E-state index in [1.54, 1.807) is 7.11 Å². The van der Waals surface area contributed by atoms with E-state index in [2.05, 4.69) is 10.6 Å². The van der Waals surface area contributed by atoms with Gasteiger partial charge in [-0.05, 0) is 25.5 Å². The number of hydrogen-bond donors (Lipinski definition) is 3. The van der Waals surface area contributed by atoms with E-state index in [-0.39, 0.29) is 18.5 Å². The number of ether oxygens (including phenoxy) is 1. The zero-order chi connectivity index (χ0) is 16.5. The Labute approximate surface area is 131 Å². The molecule has 6 nitrogen and oxygen atoms in total. The quantitative estimate of drug-likeness (QED) is 0.680. The third kappa shape index (κ3) is 6.58. The summed E-state index contributed by atoms with van der Waals surface area (Å²) in [6.07, 6.45) is 0.822. The largest absolute Gasteiger partial charge is 0.497 e. The maximum absolute atomic E-state index is 11.8. The fourth-order valence-corrected chi connectivity index (χ4v) is 2.00. The third-order valence-electron chi connectivity index (χ3n) is 3.35. The molecule has 0 aliphatic heterocycles. The molecule has 3 N–H and O–H groups in total. The van der Waals surface area contributed by atoms with Gasteiger partial charge in [-0.25, -0.2) is 4.79 Å². The maximum Gasteiger partial charge on any atom is 0.321 e. The Morgan fingerprint density at radius 1 is 1.36 bits per heavy atom. The standard InChI is InChI=1S/C16H25N3O3/c1-5-12(2)17-16(21)18-15(20)11-19(3)10-13-7-6-8-14(9-13)22-4/h6-9,12H,5,10-11H2,1-4H3,(H2,17,18,20,21)/p+1/t12-/m1/s1. The van der Waals surface area contributed by atoms with Crippen molar-refractivity contribution in [2.75, 3.05) is 20.7 Å². The molecule has 1 aromatic carbocycles. The molecular formula is C16H26N3O3+. The van der Waals surface area contributed by atoms with Gasteiger partial charge >= 0.3 is 6.03 Å². The van der Waals surface area contributed by atoms with Crippen molar-refractivity contribution in [3.05, 3.63) is 29.8 Å². The van der Waals surface area contributed by atoms with Crippen molar-refractivity contribution < 1.29 is 19.2 Å². The highest BCUT2D eigenvalue weighted by Crippen LogP contribution is 2.11. The molecule has 122 valence electrons. The Hall–Kier alpha value is -2.08. The van der Waals surface area contributed by atoms with Crippen LogP contribution in [0.1, 0.15) is 25.8 Å². The summed E-state index contributed by atoms with van der Waals surface area (Å²) in [7, 11) is 3.53. The fourth-order valence-electron chi connectivity index (χ4n) is 2.00. The molecule has 0 bridgehead atoms. The molecule has 0 aliphatic carbocycles. The number of carbonyl (C=O) groups is 2. The van der Waals surface area contributed by atoms with Crippen LogP contribution in [0.25, 0.3) is 0 Å². The van der Waals surface area contributed by atoms with Crippen LogP contribution in [-0.4, -0.2) is 38.7 Å². The van der Waals surface area contributed by atoms with Gasteiger partial charge in [-0.3, -0.25) is 10.1 Å². The number of nitrogens with one attached hydrogen (secondary N) is 3. The van der Waals surface area contributed by atoms with Crippen molar-refractivity contribution in [1.29, 1.82) is 0 Å². The molecule has 1 aromatic rings. The average Bonchev–Trinajstić information content (AvgIpc) is 2.46. The number of imide groups is 1. The average molecular weight is 308 g/mol. The number of rotatable bonds is 7. The maximum atomic E-state index is 11.8. The molecule has 0 aromatic heterocycles. The van der Waals surface area contributed by atoms with Gasteiger partial charge in [0.2, 0.25) is 0 Å². The van der Waals surface area contributed by atoms with Crippen molar-refractivity contribution in [3.8, 4) is 5.75 Å². The highest BCUT2D eigenvalue weighted by atomic mass is 16.5. The van der Waals surface area contributed by atoms with E-state index in [0.29, 0.717) is 6.54 Å². The number of methoxy groups -OCH3 is 1. The number of amides is 3. The SMILES string of the molecule is CC[C@@H](C)NC(=O)NC(=O)C[NH+](C)Cc1cccc(OC)c1. The predicted molar refractivity (Wildman–Crippen MR) is 84.9 cm³/mol. The van der Waals surface area contributed by atoms with Crippen LogP contribution in [0.15, 0.2) is 24.3 Å². The predicted octanol–water partition coefficient (Wildman–Crippen LogP) is 0.334. The molecule has 0 fully saturated rings. The first-order valence-electron chi connectivity index (χ1n) is 7.49. The van der Waals surface area contributed by atoms with Crippen LogP contribution in [0.5, 0.6) is 5.75 Å². The summed E-state index contributed by atoms with van der Waals surface area (Å²) in [5.41, 5.74) is 1.08. The lowest BCUT2D eigenvalue weighted by Gasteiger charge is -2.15. The van der Waals surface area contributed by atoms with Gasteiger partial charge in [0.25, 0.3) is 5.91 Å². The molecule has 0 saturated carbocycles. The van der Waals surface area contributed by atoms with Gasteiger partial charge in [0, 0.05) is 11.6 Å². The van der Waals surface area contributed by atoms with Crippen LogP contribution in [0.2, 0.25) is 0 Å². The van der Waals surface area contributed by atoms with Crippen LogP contribution in [0.4, 0.5) is 4.79 Å². The molecule has 0 heterocycles. The Kier molecular flexibility index (Phi) is 7.39. The summed E-state index contributed by atoms with van der Waals surface area (Å²) in [5, 5.41) is 5.05. The van der Waals surface area contributed by atoms with Crippen LogP contribution >= 0.6 is 0 Å². The van der Waals surface area contributed by atoms with Gasteiger partial charge in [-0.1, -0.05) is 19.1 Å². The minimum atomic E-state index is -0.437. The number of quaternary nitrogens is 1. The Bertz CT molecular complexity index is 505. The summed E-state index contributed by atoms with van der Waals surface area (Å²) in [6, 6.07) is 7.34. The van der Waals surface area contributed by atoms with Crippen molar-refractivity contribution in [3.63, 3.8) is 0 Å². The number of benzene rings is 1. The molecule has 3 amide bonds. The minimum Gasteiger partial charge on any atom is -0.497 e. The topological polar surface area (TPSA) is 71.9 Å². The second-order valence-electron chi connectivity index (χ2n) is 5.49. The number of urea groups is 1. The summed E-state index contributed by atoms with van der Waals surface area (Å²) in [4.78, 5) is 24.4. The van der Waals surface area contributed by atoms with Crippen LogP contribution in [0, 0.1) is 0 Å². The second kappa shape index (κ2) is 9.04. The van der Waals surface area contributed by atoms with Gasteiger partial charge in [-0.15, -0.1) is 0 Å². The highest BCUT2D eigenvalue weighted by molar-refractivity contribution is 5.94. The molecule has 0 spiro atoms. The molecular weight excluding hydrogens is 282 g/mol. The second-order valence-corrected chi connectivity index (χ2v) is 5.49. The molecule has 0 radical (unpaired) electrons. The summed E-state index contributed by atoms with van der Waals surface area (Å²) >= 11 is 0. The Morgan fingerprint density at radius 3 is 2.73 bits per heavy atom. The number of carbonyl (C=O) groups excluding carboxylic acids is 2. The Morgan fingerprint density at radius 2 is 2.09 bits per heavy atom. The summed E-state index contributed by atoms with van der Waals surface area (Å²) in [5.74, 6) is 0.504. The molecule has 2 atom stereocenters. The van der Waals surface area contributed by atoms with E-state index in [1.807, 2.05) is 45.2 Å². The fraction of sp³-hybridized carbons (Fsp3) is 0.500. The van der Waals surface area contributed by atoms with E-state index >= 15 is 0 Å². The first-order valence-corrected chi connectivity index (χ1v) is 7.49. The third-order valence-corrected chi connectivity index (χ3v) is 3.35. The lowest BCUT2D eigenvalue weighted by Crippen LogP contribution is -3.09. The van der Waals surface area contributed by atoms with E-state index in [9.17, 15) is 9.59 Å². The van der Waals surface area contributed by atoms with Crippen LogP contribution < -0.4 is 20.3 Å². The molecule has 0 saturated heterocycles. The normalized spacial score (nSPS) is 13.1. The summed E-state index contributed by atoms with van der Waals surface area (Å²) < 4.78 is 5.18. The molecule has 6 heteroatoms. The van der Waals surface area contributed by atoms with Crippen molar-refractivity contribution in [2.24, 2.45) is 0 Å². The van der Waals surface area contributed by atoms with Gasteiger partial charge in [0.1, 0.15) is 12.3 Å². The first-order chi connectivity index (χ1) is 10.4. The van der Waals surface area contributed by atoms with E-state index in [0.717, 1.165) is 22.6 Å².